The molecule has 1 aliphatic heterocycles. The fourth-order valence-electron chi connectivity index (χ4n) is 1.53. The monoisotopic (exact) mass is 198 g/mol. The zero-order chi connectivity index (χ0) is 10.6. The predicted molar refractivity (Wildman–Crippen MR) is 53.9 cm³/mol. The minimum absolute atomic E-state index is 0.00574. The van der Waals surface area contributed by atoms with Crippen LogP contribution in [0.2, 0.25) is 0 Å². The quantitative estimate of drug-likeness (QED) is 0.647. The lowest BCUT2D eigenvalue weighted by Crippen LogP contribution is -2.39. The van der Waals surface area contributed by atoms with Crippen molar-refractivity contribution in [3.8, 4) is 0 Å². The Hall–Kier alpha value is -0.670. The summed E-state index contributed by atoms with van der Waals surface area (Å²) in [5.41, 5.74) is 0. The van der Waals surface area contributed by atoms with Crippen LogP contribution in [0.1, 0.15) is 26.7 Å². The first kappa shape index (κ1) is 11.4. The average molecular weight is 198 g/mol. The lowest BCUT2D eigenvalue weighted by atomic mass is 10.00. The van der Waals surface area contributed by atoms with Gasteiger partial charge in [0.25, 0.3) is 0 Å². The number of hydrogen-bond acceptors (Lipinski definition) is 3. The summed E-state index contributed by atoms with van der Waals surface area (Å²) in [6, 6.07) is 0. The molecule has 14 heavy (non-hydrogen) atoms. The van der Waals surface area contributed by atoms with E-state index in [2.05, 4.69) is 6.58 Å². The van der Waals surface area contributed by atoms with Crippen molar-refractivity contribution >= 4 is 5.78 Å². The van der Waals surface area contributed by atoms with E-state index in [4.69, 9.17) is 9.47 Å². The fourth-order valence-corrected chi connectivity index (χ4v) is 1.53. The average Bonchev–Trinajstić information content (AvgIpc) is 2.10. The Morgan fingerprint density at radius 1 is 1.64 bits per heavy atom. The molecule has 1 heterocycles. The number of Topliss-reactive ketones (excluding diaryl/α,β-unsaturated/α-hetero) is 1. The standard InChI is InChI=1S/C11H18O3/c1-4-5-11-13-7-8(2)10(14-11)6-9(3)12/h4,8,10-11H,1,5-7H2,2-3H3/t8-,10-,11+/m1/s1. The smallest absolute Gasteiger partial charge is 0.161 e. The van der Waals surface area contributed by atoms with E-state index in [0.29, 0.717) is 25.4 Å². The van der Waals surface area contributed by atoms with Gasteiger partial charge in [0.1, 0.15) is 5.78 Å². The SMILES string of the molecule is C=CC[C@H]1OC[C@@H](C)[C@@H](CC(C)=O)O1. The van der Waals surface area contributed by atoms with E-state index in [1.165, 1.54) is 0 Å². The Bertz CT molecular complexity index is 213. The summed E-state index contributed by atoms with van der Waals surface area (Å²) < 4.78 is 11.1. The van der Waals surface area contributed by atoms with Crippen LogP contribution < -0.4 is 0 Å². The van der Waals surface area contributed by atoms with Crippen LogP contribution in [-0.2, 0) is 14.3 Å². The van der Waals surface area contributed by atoms with Crippen LogP contribution >= 0.6 is 0 Å². The van der Waals surface area contributed by atoms with E-state index < -0.39 is 0 Å². The summed E-state index contributed by atoms with van der Waals surface area (Å²) in [6.07, 6.45) is 2.73. The fraction of sp³-hybridized carbons (Fsp3) is 0.727. The van der Waals surface area contributed by atoms with Gasteiger partial charge in [-0.05, 0) is 6.92 Å². The molecule has 3 nitrogen and oxygen atoms in total. The van der Waals surface area contributed by atoms with E-state index in [1.54, 1.807) is 13.0 Å². The Morgan fingerprint density at radius 3 is 2.93 bits per heavy atom. The minimum atomic E-state index is -0.215. The highest BCUT2D eigenvalue weighted by Crippen LogP contribution is 2.22. The van der Waals surface area contributed by atoms with Gasteiger partial charge in [-0.15, -0.1) is 6.58 Å². The van der Waals surface area contributed by atoms with Crippen molar-refractivity contribution in [3.05, 3.63) is 12.7 Å². The number of rotatable bonds is 4. The van der Waals surface area contributed by atoms with Gasteiger partial charge in [-0.25, -0.2) is 0 Å². The third kappa shape index (κ3) is 3.24. The summed E-state index contributed by atoms with van der Waals surface area (Å²) in [7, 11) is 0. The second-order valence-corrected chi connectivity index (χ2v) is 3.85. The highest BCUT2D eigenvalue weighted by Gasteiger charge is 2.28. The molecule has 1 saturated heterocycles. The Labute approximate surface area is 85.1 Å². The molecule has 80 valence electrons. The topological polar surface area (TPSA) is 35.5 Å². The molecule has 0 aromatic carbocycles. The molecule has 3 atom stereocenters. The first-order chi connectivity index (χ1) is 6.63. The molecule has 1 rings (SSSR count). The first-order valence-corrected chi connectivity index (χ1v) is 5.01. The predicted octanol–water partition coefficient (Wildman–Crippen LogP) is 1.92. The summed E-state index contributed by atoms with van der Waals surface area (Å²) in [4.78, 5) is 11.0. The van der Waals surface area contributed by atoms with Crippen LogP contribution in [0.4, 0.5) is 0 Å². The van der Waals surface area contributed by atoms with Gasteiger partial charge in [-0.3, -0.25) is 4.79 Å². The minimum Gasteiger partial charge on any atom is -0.352 e. The Kier molecular flexibility index (Phi) is 4.29. The van der Waals surface area contributed by atoms with Crippen molar-refractivity contribution in [2.24, 2.45) is 5.92 Å². The normalized spacial score (nSPS) is 32.6. The molecule has 0 amide bonds. The third-order valence-corrected chi connectivity index (χ3v) is 2.35. The lowest BCUT2D eigenvalue weighted by molar-refractivity contribution is -0.231. The number of carbonyl (C=O) groups is 1. The molecule has 0 aromatic rings. The van der Waals surface area contributed by atoms with Crippen LogP contribution in [0.5, 0.6) is 0 Å². The molecule has 0 unspecified atom stereocenters. The van der Waals surface area contributed by atoms with E-state index in [9.17, 15) is 4.79 Å². The number of ketones is 1. The maximum absolute atomic E-state index is 11.0. The molecule has 0 aromatic heterocycles. The highest BCUT2D eigenvalue weighted by atomic mass is 16.7. The molecule has 1 fully saturated rings. The molecule has 0 spiro atoms. The molecule has 3 heteroatoms. The maximum atomic E-state index is 11.0. The van der Waals surface area contributed by atoms with Crippen LogP contribution in [0.3, 0.4) is 0 Å². The Morgan fingerprint density at radius 2 is 2.36 bits per heavy atom. The van der Waals surface area contributed by atoms with Gasteiger partial charge in [-0.1, -0.05) is 13.0 Å². The van der Waals surface area contributed by atoms with Crippen LogP contribution in [0, 0.1) is 5.92 Å². The van der Waals surface area contributed by atoms with Gasteiger partial charge in [-0.2, -0.15) is 0 Å². The van der Waals surface area contributed by atoms with Crippen molar-refractivity contribution in [1.82, 2.24) is 0 Å². The van der Waals surface area contributed by atoms with E-state index in [0.717, 1.165) is 0 Å². The number of hydrogen-bond donors (Lipinski definition) is 0. The molecule has 0 N–H and O–H groups in total. The molecule has 0 aliphatic carbocycles. The summed E-state index contributed by atoms with van der Waals surface area (Å²) in [6.45, 7) is 7.93. The summed E-state index contributed by atoms with van der Waals surface area (Å²) in [5.74, 6) is 0.459. The van der Waals surface area contributed by atoms with Gasteiger partial charge in [0.2, 0.25) is 0 Å². The van der Waals surface area contributed by atoms with Gasteiger partial charge in [0, 0.05) is 18.8 Å². The highest BCUT2D eigenvalue weighted by molar-refractivity contribution is 5.76. The number of carbonyl (C=O) groups excluding carboxylic acids is 1. The van der Waals surface area contributed by atoms with Crippen LogP contribution in [-0.4, -0.2) is 24.8 Å². The van der Waals surface area contributed by atoms with Crippen molar-refractivity contribution in [2.45, 2.75) is 39.1 Å². The molecule has 0 radical (unpaired) electrons. The summed E-state index contributed by atoms with van der Waals surface area (Å²) in [5, 5.41) is 0. The van der Waals surface area contributed by atoms with Crippen molar-refractivity contribution in [2.75, 3.05) is 6.61 Å². The second kappa shape index (κ2) is 5.27. The van der Waals surface area contributed by atoms with Gasteiger partial charge in [0.05, 0.1) is 12.7 Å². The Balaban J connectivity index is 2.45. The first-order valence-electron chi connectivity index (χ1n) is 5.01. The molecule has 0 saturated carbocycles. The van der Waals surface area contributed by atoms with Crippen LogP contribution in [0.25, 0.3) is 0 Å². The van der Waals surface area contributed by atoms with Gasteiger partial charge >= 0.3 is 0 Å². The summed E-state index contributed by atoms with van der Waals surface area (Å²) >= 11 is 0. The molecule has 1 aliphatic rings. The van der Waals surface area contributed by atoms with E-state index in [-0.39, 0.29) is 18.2 Å². The van der Waals surface area contributed by atoms with E-state index >= 15 is 0 Å². The molecular formula is C11H18O3. The van der Waals surface area contributed by atoms with E-state index in [1.807, 2.05) is 6.92 Å². The lowest BCUT2D eigenvalue weighted by Gasteiger charge is -2.34. The van der Waals surface area contributed by atoms with Crippen molar-refractivity contribution in [3.63, 3.8) is 0 Å². The second-order valence-electron chi connectivity index (χ2n) is 3.85. The zero-order valence-corrected chi connectivity index (χ0v) is 8.86. The van der Waals surface area contributed by atoms with Gasteiger partial charge in [0.15, 0.2) is 6.29 Å². The molecular weight excluding hydrogens is 180 g/mol. The molecule has 0 bridgehead atoms. The number of ether oxygens (including phenoxy) is 2. The zero-order valence-electron chi connectivity index (χ0n) is 8.86. The maximum Gasteiger partial charge on any atom is 0.161 e. The van der Waals surface area contributed by atoms with Crippen molar-refractivity contribution < 1.29 is 14.3 Å². The largest absolute Gasteiger partial charge is 0.352 e. The third-order valence-electron chi connectivity index (χ3n) is 2.35. The van der Waals surface area contributed by atoms with Gasteiger partial charge < -0.3 is 9.47 Å². The van der Waals surface area contributed by atoms with Crippen molar-refractivity contribution in [1.29, 1.82) is 0 Å². The van der Waals surface area contributed by atoms with Crippen LogP contribution in [0.15, 0.2) is 12.7 Å².